The second-order valence-corrected chi connectivity index (χ2v) is 6.11. The van der Waals surface area contributed by atoms with E-state index in [1.54, 1.807) is 24.3 Å². The van der Waals surface area contributed by atoms with Gasteiger partial charge in [0, 0.05) is 29.0 Å². The van der Waals surface area contributed by atoms with Crippen LogP contribution < -0.4 is 0 Å². The number of carbonyl (C=O) groups is 2. The molecule has 2 aromatic carbocycles. The maximum Gasteiger partial charge on any atom is 0.269 e. The fourth-order valence-electron chi connectivity index (χ4n) is 1.97. The summed E-state index contributed by atoms with van der Waals surface area (Å²) in [6.45, 7) is 1.51. The van der Waals surface area contributed by atoms with Gasteiger partial charge in [0.2, 0.25) is 0 Å². The molecule has 0 N–H and O–H groups in total. The van der Waals surface area contributed by atoms with Gasteiger partial charge in [-0.3, -0.25) is 19.7 Å². The maximum atomic E-state index is 12.0. The molecule has 0 spiro atoms. The summed E-state index contributed by atoms with van der Waals surface area (Å²) < 4.78 is 0. The highest BCUT2D eigenvalue weighted by Crippen LogP contribution is 2.23. The van der Waals surface area contributed by atoms with Crippen LogP contribution in [-0.4, -0.2) is 15.8 Å². The number of thioether (sulfide) groups is 1. The monoisotopic (exact) mass is 329 g/mol. The van der Waals surface area contributed by atoms with E-state index in [0.717, 1.165) is 17.3 Å². The average molecular weight is 329 g/mol. The summed E-state index contributed by atoms with van der Waals surface area (Å²) in [4.78, 5) is 33.9. The number of Topliss-reactive ketones (excluding diaryl/α,β-unsaturated/α-hetero) is 1. The highest BCUT2D eigenvalue weighted by atomic mass is 32.2. The highest BCUT2D eigenvalue weighted by molar-refractivity contribution is 8.13. The Bertz CT molecular complexity index is 723. The third kappa shape index (κ3) is 5.03. The van der Waals surface area contributed by atoms with Crippen LogP contribution in [0.15, 0.2) is 53.4 Å². The zero-order valence-corrected chi connectivity index (χ0v) is 13.3. The van der Waals surface area contributed by atoms with Crippen molar-refractivity contribution in [3.8, 4) is 0 Å². The minimum Gasteiger partial charge on any atom is -0.295 e. The first-order valence-corrected chi connectivity index (χ1v) is 7.82. The molecule has 0 unspecified atom stereocenters. The van der Waals surface area contributed by atoms with E-state index in [4.69, 9.17) is 0 Å². The van der Waals surface area contributed by atoms with Gasteiger partial charge in [0.25, 0.3) is 5.69 Å². The standard InChI is InChI=1S/C17H15NO4S/c1-12(19)14-5-2-13(3-6-14)4-11-17(20)23-16-9-7-15(8-10-16)18(21)22/h2-3,5-10H,4,11H2,1H3. The zero-order valence-electron chi connectivity index (χ0n) is 12.5. The molecule has 0 atom stereocenters. The minimum absolute atomic E-state index is 0.00509. The van der Waals surface area contributed by atoms with E-state index in [1.165, 1.54) is 19.1 Å². The van der Waals surface area contributed by atoms with Crippen molar-refractivity contribution < 1.29 is 14.5 Å². The van der Waals surface area contributed by atoms with Crippen LogP contribution in [0.4, 0.5) is 5.69 Å². The van der Waals surface area contributed by atoms with Crippen LogP contribution in [0.25, 0.3) is 0 Å². The molecule has 0 bridgehead atoms. The molecule has 118 valence electrons. The molecule has 0 aliphatic carbocycles. The number of carbonyl (C=O) groups excluding carboxylic acids is 2. The zero-order chi connectivity index (χ0) is 16.8. The largest absolute Gasteiger partial charge is 0.295 e. The Kier molecular flexibility index (Phi) is 5.65. The molecule has 0 fully saturated rings. The molecule has 0 amide bonds. The molecule has 0 saturated carbocycles. The van der Waals surface area contributed by atoms with Gasteiger partial charge >= 0.3 is 0 Å². The topological polar surface area (TPSA) is 77.3 Å². The van der Waals surface area contributed by atoms with E-state index < -0.39 is 4.92 Å². The normalized spacial score (nSPS) is 10.3. The fourth-order valence-corrected chi connectivity index (χ4v) is 2.71. The van der Waals surface area contributed by atoms with E-state index in [-0.39, 0.29) is 16.6 Å². The maximum absolute atomic E-state index is 12.0. The number of benzene rings is 2. The van der Waals surface area contributed by atoms with E-state index in [9.17, 15) is 19.7 Å². The Morgan fingerprint density at radius 1 is 1.04 bits per heavy atom. The van der Waals surface area contributed by atoms with Crippen LogP contribution in [0.5, 0.6) is 0 Å². The molecule has 6 heteroatoms. The van der Waals surface area contributed by atoms with Gasteiger partial charge in [0.15, 0.2) is 10.9 Å². The summed E-state index contributed by atoms with van der Waals surface area (Å²) in [6, 6.07) is 13.1. The average Bonchev–Trinajstić information content (AvgIpc) is 2.54. The van der Waals surface area contributed by atoms with Crippen LogP contribution in [0.2, 0.25) is 0 Å². The van der Waals surface area contributed by atoms with Crippen molar-refractivity contribution in [2.45, 2.75) is 24.7 Å². The van der Waals surface area contributed by atoms with Gasteiger partial charge in [-0.1, -0.05) is 36.0 Å². The van der Waals surface area contributed by atoms with Crippen LogP contribution in [0, 0.1) is 10.1 Å². The SMILES string of the molecule is CC(=O)c1ccc(CCC(=O)Sc2ccc([N+](=O)[O-])cc2)cc1. The number of hydrogen-bond acceptors (Lipinski definition) is 5. The minimum atomic E-state index is -0.471. The van der Waals surface area contributed by atoms with Gasteiger partial charge in [-0.05, 0) is 31.0 Å². The van der Waals surface area contributed by atoms with E-state index >= 15 is 0 Å². The number of aryl methyl sites for hydroxylation is 1. The Morgan fingerprint density at radius 2 is 1.65 bits per heavy atom. The Labute approximate surface area is 137 Å². The summed E-state index contributed by atoms with van der Waals surface area (Å²) in [5, 5.41) is 10.6. The van der Waals surface area contributed by atoms with Crippen molar-refractivity contribution in [2.24, 2.45) is 0 Å². The molecule has 0 radical (unpaired) electrons. The van der Waals surface area contributed by atoms with Crippen LogP contribution in [0.3, 0.4) is 0 Å². The molecule has 5 nitrogen and oxygen atoms in total. The van der Waals surface area contributed by atoms with E-state index in [0.29, 0.717) is 23.3 Å². The molecule has 0 aliphatic rings. The van der Waals surface area contributed by atoms with E-state index in [1.807, 2.05) is 12.1 Å². The summed E-state index contributed by atoms with van der Waals surface area (Å²) in [6.07, 6.45) is 0.956. The molecule has 0 saturated heterocycles. The predicted octanol–water partition coefficient (Wildman–Crippen LogP) is 4.05. The highest BCUT2D eigenvalue weighted by Gasteiger charge is 2.09. The van der Waals surface area contributed by atoms with Gasteiger partial charge < -0.3 is 0 Å². The molecule has 2 aromatic rings. The summed E-state index contributed by atoms with van der Waals surface area (Å²) >= 11 is 1.08. The number of non-ortho nitro benzene ring substituents is 1. The van der Waals surface area contributed by atoms with Gasteiger partial charge in [-0.15, -0.1) is 0 Å². The van der Waals surface area contributed by atoms with Crippen molar-refractivity contribution in [1.29, 1.82) is 0 Å². The van der Waals surface area contributed by atoms with E-state index in [2.05, 4.69) is 0 Å². The molecule has 0 aliphatic heterocycles. The van der Waals surface area contributed by atoms with Gasteiger partial charge in [0.1, 0.15) is 0 Å². The quantitative estimate of drug-likeness (QED) is 0.346. The Hall–Kier alpha value is -2.47. The smallest absolute Gasteiger partial charge is 0.269 e. The van der Waals surface area contributed by atoms with Crippen molar-refractivity contribution >= 4 is 28.3 Å². The second-order valence-electron chi connectivity index (χ2n) is 4.98. The third-order valence-electron chi connectivity index (χ3n) is 3.26. The lowest BCUT2D eigenvalue weighted by atomic mass is 10.1. The molecular formula is C17H15NO4S. The van der Waals surface area contributed by atoms with Gasteiger partial charge in [-0.2, -0.15) is 0 Å². The van der Waals surface area contributed by atoms with Crippen molar-refractivity contribution in [3.05, 3.63) is 69.8 Å². The molecule has 2 rings (SSSR count). The number of ketones is 1. The van der Waals surface area contributed by atoms with Crippen LogP contribution >= 0.6 is 11.8 Å². The lowest BCUT2D eigenvalue weighted by molar-refractivity contribution is -0.384. The first-order chi connectivity index (χ1) is 11.0. The van der Waals surface area contributed by atoms with Crippen molar-refractivity contribution in [1.82, 2.24) is 0 Å². The molecule has 0 heterocycles. The predicted molar refractivity (Wildman–Crippen MR) is 88.7 cm³/mol. The molecule has 23 heavy (non-hydrogen) atoms. The number of hydrogen-bond donors (Lipinski definition) is 0. The number of nitro groups is 1. The van der Waals surface area contributed by atoms with Crippen molar-refractivity contribution in [2.75, 3.05) is 0 Å². The lowest BCUT2D eigenvalue weighted by Gasteiger charge is -2.03. The Balaban J connectivity index is 1.87. The molecule has 0 aromatic heterocycles. The summed E-state index contributed by atoms with van der Waals surface area (Å²) in [5.41, 5.74) is 1.65. The summed E-state index contributed by atoms with van der Waals surface area (Å²) in [5.74, 6) is 0.0151. The van der Waals surface area contributed by atoms with Crippen LogP contribution in [-0.2, 0) is 11.2 Å². The number of nitrogens with zero attached hydrogens (tertiary/aromatic N) is 1. The Morgan fingerprint density at radius 3 is 2.17 bits per heavy atom. The molecular weight excluding hydrogens is 314 g/mol. The third-order valence-corrected chi connectivity index (χ3v) is 4.20. The summed E-state index contributed by atoms with van der Waals surface area (Å²) in [7, 11) is 0. The number of nitro benzene ring substituents is 1. The van der Waals surface area contributed by atoms with Gasteiger partial charge in [0.05, 0.1) is 4.92 Å². The van der Waals surface area contributed by atoms with Gasteiger partial charge in [-0.25, -0.2) is 0 Å². The second kappa shape index (κ2) is 7.69. The first-order valence-electron chi connectivity index (χ1n) is 7.01. The number of rotatable bonds is 6. The van der Waals surface area contributed by atoms with Crippen LogP contribution in [0.1, 0.15) is 29.3 Å². The lowest BCUT2D eigenvalue weighted by Crippen LogP contribution is -1.97. The fraction of sp³-hybridized carbons (Fsp3) is 0.176. The first kappa shape index (κ1) is 16.9. The van der Waals surface area contributed by atoms with Crippen molar-refractivity contribution in [3.63, 3.8) is 0 Å².